The maximum atomic E-state index is 12.3. The molecule has 0 saturated carbocycles. The predicted octanol–water partition coefficient (Wildman–Crippen LogP) is 1.68. The molecule has 1 aliphatic heterocycles. The van der Waals surface area contributed by atoms with Gasteiger partial charge < -0.3 is 10.0 Å². The van der Waals surface area contributed by atoms with E-state index < -0.39 is 16.1 Å². The number of carbonyl (C=O) groups is 1. The van der Waals surface area contributed by atoms with Crippen LogP contribution in [-0.2, 0) is 14.8 Å². The van der Waals surface area contributed by atoms with Crippen molar-refractivity contribution in [3.63, 3.8) is 0 Å². The van der Waals surface area contributed by atoms with Crippen molar-refractivity contribution in [3.05, 3.63) is 41.5 Å². The molecule has 0 bridgehead atoms. The molecule has 0 radical (unpaired) electrons. The Morgan fingerprint density at radius 3 is 2.31 bits per heavy atom. The number of aliphatic hydroxyl groups is 1. The van der Waals surface area contributed by atoms with Crippen LogP contribution in [0.4, 0.5) is 0 Å². The summed E-state index contributed by atoms with van der Waals surface area (Å²) in [7, 11) is -3.49. The van der Waals surface area contributed by atoms with Gasteiger partial charge in [0.2, 0.25) is 15.9 Å². The molecule has 0 aliphatic carbocycles. The Labute approximate surface area is 156 Å². The normalized spacial score (nSPS) is 23.8. The van der Waals surface area contributed by atoms with Crippen molar-refractivity contribution in [2.24, 2.45) is 0 Å². The Kier molecular flexibility index (Phi) is 6.60. The number of hydrogen-bond acceptors (Lipinski definition) is 4. The fourth-order valence-electron chi connectivity index (χ4n) is 3.77. The van der Waals surface area contributed by atoms with Crippen molar-refractivity contribution < 1.29 is 18.3 Å². The fourth-order valence-corrected chi connectivity index (χ4v) is 5.15. The van der Waals surface area contributed by atoms with Gasteiger partial charge in [-0.2, -0.15) is 4.31 Å². The molecule has 7 heteroatoms. The number of allylic oxidation sites excluding steroid dienone is 1. The molecule has 1 aliphatic rings. The molecule has 1 heterocycles. The molecule has 0 spiro atoms. The van der Waals surface area contributed by atoms with Gasteiger partial charge in [0.25, 0.3) is 0 Å². The van der Waals surface area contributed by atoms with Crippen molar-refractivity contribution in [2.75, 3.05) is 26.0 Å². The van der Waals surface area contributed by atoms with Crippen LogP contribution in [0.1, 0.15) is 37.8 Å². The van der Waals surface area contributed by atoms with Gasteiger partial charge in [0.1, 0.15) is 0 Å². The van der Waals surface area contributed by atoms with E-state index in [2.05, 4.69) is 0 Å². The van der Waals surface area contributed by atoms with Crippen LogP contribution in [0.5, 0.6) is 0 Å². The summed E-state index contributed by atoms with van der Waals surface area (Å²) in [5.74, 6) is -0.238. The number of rotatable bonds is 7. The van der Waals surface area contributed by atoms with E-state index in [9.17, 15) is 18.3 Å². The standard InChI is InChI=1S/C19H28N2O4S/c1-5-7-15-8-10-16(11-9-15)19-17(12-20(6-2)14(3)23)21(18(19)13-22)26(4,24)25/h5,7-11,17-19,22H,6,12-13H2,1-4H3/b7-5+/t17-,18-,19-/m1/s1. The average Bonchev–Trinajstić information content (AvgIpc) is 2.54. The molecule has 1 saturated heterocycles. The lowest BCUT2D eigenvalue weighted by atomic mass is 9.77. The Morgan fingerprint density at radius 2 is 1.88 bits per heavy atom. The van der Waals surface area contributed by atoms with Crippen LogP contribution in [0, 0.1) is 0 Å². The molecule has 1 aromatic rings. The number of likely N-dealkylation sites (N-methyl/N-ethyl adjacent to an activating group) is 1. The molecule has 0 aromatic heterocycles. The molecule has 1 amide bonds. The van der Waals surface area contributed by atoms with Crippen LogP contribution in [0.3, 0.4) is 0 Å². The second-order valence-electron chi connectivity index (χ2n) is 6.66. The number of nitrogens with zero attached hydrogens (tertiary/aromatic N) is 2. The zero-order valence-electron chi connectivity index (χ0n) is 15.8. The van der Waals surface area contributed by atoms with Gasteiger partial charge in [0.05, 0.1) is 24.9 Å². The van der Waals surface area contributed by atoms with Gasteiger partial charge in [-0.15, -0.1) is 0 Å². The number of amides is 1. The largest absolute Gasteiger partial charge is 0.395 e. The van der Waals surface area contributed by atoms with Crippen molar-refractivity contribution >= 4 is 22.0 Å². The minimum Gasteiger partial charge on any atom is -0.395 e. The Bertz CT molecular complexity index is 758. The molecular weight excluding hydrogens is 352 g/mol. The topological polar surface area (TPSA) is 77.9 Å². The van der Waals surface area contributed by atoms with E-state index in [1.165, 1.54) is 11.2 Å². The lowest BCUT2D eigenvalue weighted by molar-refractivity contribution is -0.130. The van der Waals surface area contributed by atoms with Crippen LogP contribution < -0.4 is 0 Å². The molecule has 6 nitrogen and oxygen atoms in total. The van der Waals surface area contributed by atoms with Gasteiger partial charge in [-0.05, 0) is 25.0 Å². The van der Waals surface area contributed by atoms with E-state index in [4.69, 9.17) is 0 Å². The van der Waals surface area contributed by atoms with Crippen molar-refractivity contribution in [3.8, 4) is 0 Å². The molecule has 0 unspecified atom stereocenters. The smallest absolute Gasteiger partial charge is 0.219 e. The zero-order valence-corrected chi connectivity index (χ0v) is 16.6. The highest BCUT2D eigenvalue weighted by Crippen LogP contribution is 2.42. The number of benzene rings is 1. The lowest BCUT2D eigenvalue weighted by Crippen LogP contribution is -2.68. The Hall–Kier alpha value is -1.70. The monoisotopic (exact) mass is 380 g/mol. The summed E-state index contributed by atoms with van der Waals surface area (Å²) in [6, 6.07) is 7.02. The van der Waals surface area contributed by atoms with E-state index >= 15 is 0 Å². The first-order valence-corrected chi connectivity index (χ1v) is 10.7. The van der Waals surface area contributed by atoms with Gasteiger partial charge in [-0.25, -0.2) is 8.42 Å². The van der Waals surface area contributed by atoms with Gasteiger partial charge in [0.15, 0.2) is 0 Å². The third-order valence-electron chi connectivity index (χ3n) is 4.97. The van der Waals surface area contributed by atoms with Crippen LogP contribution in [0.25, 0.3) is 6.08 Å². The molecule has 1 fully saturated rings. The fraction of sp³-hybridized carbons (Fsp3) is 0.526. The number of aliphatic hydroxyl groups excluding tert-OH is 1. The van der Waals surface area contributed by atoms with E-state index in [1.54, 1.807) is 4.90 Å². The Morgan fingerprint density at radius 1 is 1.27 bits per heavy atom. The summed E-state index contributed by atoms with van der Waals surface area (Å²) in [5.41, 5.74) is 2.04. The zero-order chi connectivity index (χ0) is 19.5. The highest BCUT2D eigenvalue weighted by Gasteiger charge is 2.53. The average molecular weight is 381 g/mol. The number of hydrogen-bond donors (Lipinski definition) is 1. The van der Waals surface area contributed by atoms with E-state index in [0.717, 1.165) is 17.4 Å². The summed E-state index contributed by atoms with van der Waals surface area (Å²) >= 11 is 0. The SMILES string of the molecule is C/C=C/c1ccc([C@H]2[C@@H](CO)N(S(C)(=O)=O)[C@@H]2CN(CC)C(C)=O)cc1. The first-order valence-electron chi connectivity index (χ1n) is 8.82. The minimum atomic E-state index is -3.49. The van der Waals surface area contributed by atoms with Gasteiger partial charge in [-0.1, -0.05) is 36.4 Å². The van der Waals surface area contributed by atoms with Crippen molar-refractivity contribution in [1.82, 2.24) is 9.21 Å². The van der Waals surface area contributed by atoms with Gasteiger partial charge >= 0.3 is 0 Å². The third kappa shape index (κ3) is 4.16. The second-order valence-corrected chi connectivity index (χ2v) is 8.55. The maximum Gasteiger partial charge on any atom is 0.219 e. The van der Waals surface area contributed by atoms with Crippen LogP contribution in [-0.4, -0.2) is 66.7 Å². The Balaban J connectivity index is 2.37. The first-order chi connectivity index (χ1) is 12.2. The predicted molar refractivity (Wildman–Crippen MR) is 103 cm³/mol. The van der Waals surface area contributed by atoms with E-state index in [0.29, 0.717) is 13.1 Å². The highest BCUT2D eigenvalue weighted by molar-refractivity contribution is 7.88. The molecule has 26 heavy (non-hydrogen) atoms. The van der Waals surface area contributed by atoms with Gasteiger partial charge in [0, 0.05) is 25.9 Å². The summed E-state index contributed by atoms with van der Waals surface area (Å²) < 4.78 is 25.9. The van der Waals surface area contributed by atoms with Crippen LogP contribution >= 0.6 is 0 Å². The second kappa shape index (κ2) is 8.33. The summed E-state index contributed by atoms with van der Waals surface area (Å²) in [4.78, 5) is 13.5. The summed E-state index contributed by atoms with van der Waals surface area (Å²) in [6.07, 6.45) is 5.09. The summed E-state index contributed by atoms with van der Waals surface area (Å²) in [5, 5.41) is 9.81. The molecule has 1 aromatic carbocycles. The number of carbonyl (C=O) groups excluding carboxylic acids is 1. The quantitative estimate of drug-likeness (QED) is 0.781. The minimum absolute atomic E-state index is 0.0874. The highest BCUT2D eigenvalue weighted by atomic mass is 32.2. The van der Waals surface area contributed by atoms with Crippen molar-refractivity contribution in [2.45, 2.75) is 38.8 Å². The van der Waals surface area contributed by atoms with Crippen molar-refractivity contribution in [1.29, 1.82) is 0 Å². The van der Waals surface area contributed by atoms with Crippen LogP contribution in [0.15, 0.2) is 30.3 Å². The molecule has 2 rings (SSSR count). The third-order valence-corrected chi connectivity index (χ3v) is 6.28. The van der Waals surface area contributed by atoms with E-state index in [-0.39, 0.29) is 24.5 Å². The maximum absolute atomic E-state index is 12.3. The summed E-state index contributed by atoms with van der Waals surface area (Å²) in [6.45, 7) is 5.88. The molecular formula is C19H28N2O4S. The van der Waals surface area contributed by atoms with Gasteiger partial charge in [-0.3, -0.25) is 4.79 Å². The lowest BCUT2D eigenvalue weighted by Gasteiger charge is -2.54. The molecule has 1 N–H and O–H groups in total. The van der Waals surface area contributed by atoms with Crippen LogP contribution in [0.2, 0.25) is 0 Å². The molecule has 144 valence electrons. The molecule has 3 atom stereocenters. The van der Waals surface area contributed by atoms with E-state index in [1.807, 2.05) is 50.3 Å². The number of sulfonamides is 1. The first kappa shape index (κ1) is 20.6.